The van der Waals surface area contributed by atoms with Crippen LogP contribution in [0, 0.1) is 0 Å². The molecular formula is C27H29N5O3S. The van der Waals surface area contributed by atoms with Crippen LogP contribution in [0.5, 0.6) is 11.5 Å². The molecule has 1 aromatic carbocycles. The number of carbonyl (C=O) groups is 1. The Morgan fingerprint density at radius 2 is 2.11 bits per heavy atom. The number of carbonyl (C=O) groups excluding carboxylic acids is 1. The average molecular weight is 504 g/mol. The summed E-state index contributed by atoms with van der Waals surface area (Å²) in [6.07, 6.45) is 4.07. The van der Waals surface area contributed by atoms with Gasteiger partial charge in [-0.2, -0.15) is 16.4 Å². The number of benzene rings is 1. The van der Waals surface area contributed by atoms with Crippen LogP contribution in [0.4, 0.5) is 0 Å². The molecule has 0 aliphatic carbocycles. The van der Waals surface area contributed by atoms with E-state index in [1.165, 1.54) is 0 Å². The van der Waals surface area contributed by atoms with Gasteiger partial charge in [-0.05, 0) is 37.4 Å². The second-order valence-corrected chi connectivity index (χ2v) is 10.7. The minimum Gasteiger partial charge on any atom is -0.496 e. The number of hydrogen-bond acceptors (Lipinski definition) is 6. The third kappa shape index (κ3) is 3.61. The summed E-state index contributed by atoms with van der Waals surface area (Å²) in [7, 11) is 3.67. The third-order valence-corrected chi connectivity index (χ3v) is 7.73. The second-order valence-electron chi connectivity index (χ2n) is 9.92. The number of nitrogens with one attached hydrogen (secondary N) is 1. The Labute approximate surface area is 214 Å². The summed E-state index contributed by atoms with van der Waals surface area (Å²) in [6, 6.07) is 8.12. The van der Waals surface area contributed by atoms with Crippen molar-refractivity contribution in [3.8, 4) is 39.6 Å². The maximum Gasteiger partial charge on any atom is 0.275 e. The van der Waals surface area contributed by atoms with Gasteiger partial charge in [0.2, 0.25) is 0 Å². The number of fused-ring (bicyclic) bond motifs is 3. The van der Waals surface area contributed by atoms with E-state index in [9.17, 15) is 4.79 Å². The quantitative estimate of drug-likeness (QED) is 0.449. The molecule has 0 radical (unpaired) electrons. The van der Waals surface area contributed by atoms with Gasteiger partial charge < -0.3 is 24.3 Å². The Morgan fingerprint density at radius 3 is 2.81 bits per heavy atom. The zero-order valence-electron chi connectivity index (χ0n) is 20.9. The van der Waals surface area contributed by atoms with Crippen molar-refractivity contribution in [3.63, 3.8) is 0 Å². The number of amides is 1. The molecule has 0 saturated carbocycles. The van der Waals surface area contributed by atoms with Gasteiger partial charge in [-0.25, -0.2) is 4.68 Å². The van der Waals surface area contributed by atoms with Gasteiger partial charge >= 0.3 is 0 Å². The molecule has 8 nitrogen and oxygen atoms in total. The van der Waals surface area contributed by atoms with E-state index < -0.39 is 0 Å². The molecule has 0 spiro atoms. The van der Waals surface area contributed by atoms with Crippen LogP contribution in [0.3, 0.4) is 0 Å². The number of aromatic nitrogens is 3. The first-order chi connectivity index (χ1) is 17.4. The maximum atomic E-state index is 13.9. The highest BCUT2D eigenvalue weighted by Gasteiger charge is 2.38. The summed E-state index contributed by atoms with van der Waals surface area (Å²) in [5.41, 5.74) is 5.69. The van der Waals surface area contributed by atoms with E-state index in [1.54, 1.807) is 18.4 Å². The van der Waals surface area contributed by atoms with Gasteiger partial charge in [-0.3, -0.25) is 4.79 Å². The van der Waals surface area contributed by atoms with Crippen LogP contribution in [-0.2, 0) is 13.7 Å². The highest BCUT2D eigenvalue weighted by atomic mass is 32.1. The lowest BCUT2D eigenvalue weighted by atomic mass is 9.95. The lowest BCUT2D eigenvalue weighted by molar-refractivity contribution is 0.0468. The normalized spacial score (nSPS) is 16.3. The number of rotatable bonds is 4. The molecule has 0 bridgehead atoms. The minimum atomic E-state index is -0.310. The van der Waals surface area contributed by atoms with Crippen molar-refractivity contribution in [1.82, 2.24) is 24.6 Å². The van der Waals surface area contributed by atoms with Crippen LogP contribution in [0.1, 0.15) is 29.9 Å². The topological polar surface area (TPSA) is 73.5 Å². The first-order valence-corrected chi connectivity index (χ1v) is 13.0. The molecule has 2 aliphatic heterocycles. The number of aryl methyl sites for hydroxylation is 1. The highest BCUT2D eigenvalue weighted by molar-refractivity contribution is 7.08. The number of hydrogen-bond donors (Lipinski definition) is 1. The molecule has 9 heteroatoms. The van der Waals surface area contributed by atoms with Gasteiger partial charge in [0.15, 0.2) is 5.69 Å². The molecule has 0 unspecified atom stereocenters. The standard InChI is InChI=1S/C27H29N5O3S/c1-27(2)16-28-7-9-31(27)26(33)24-21-14-35-23-12-22(34-4)19(17-5-8-30(3)13-17)11-20(23)25(21)32(29-24)18-6-10-36-15-18/h5-6,8,10-13,15,28H,7,9,14,16H2,1-4H3. The van der Waals surface area contributed by atoms with Crippen LogP contribution >= 0.6 is 11.3 Å². The van der Waals surface area contributed by atoms with E-state index in [0.29, 0.717) is 12.2 Å². The van der Waals surface area contributed by atoms with Crippen molar-refractivity contribution < 1.29 is 14.3 Å². The van der Waals surface area contributed by atoms with E-state index in [4.69, 9.17) is 14.6 Å². The molecule has 1 fully saturated rings. The molecule has 3 aromatic heterocycles. The summed E-state index contributed by atoms with van der Waals surface area (Å²) in [6.45, 7) is 6.59. The van der Waals surface area contributed by atoms with Crippen LogP contribution < -0.4 is 14.8 Å². The van der Waals surface area contributed by atoms with Crippen molar-refractivity contribution in [1.29, 1.82) is 0 Å². The Balaban J connectivity index is 1.55. The Hall–Kier alpha value is -3.56. The van der Waals surface area contributed by atoms with Gasteiger partial charge in [0.05, 0.1) is 24.0 Å². The fourth-order valence-electron chi connectivity index (χ4n) is 5.16. The van der Waals surface area contributed by atoms with E-state index in [-0.39, 0.29) is 18.1 Å². The molecule has 0 atom stereocenters. The molecule has 5 heterocycles. The summed E-state index contributed by atoms with van der Waals surface area (Å²) >= 11 is 1.60. The maximum absolute atomic E-state index is 13.9. The fourth-order valence-corrected chi connectivity index (χ4v) is 5.77. The van der Waals surface area contributed by atoms with E-state index in [1.807, 2.05) is 50.3 Å². The Kier molecular flexibility index (Phi) is 5.42. The predicted octanol–water partition coefficient (Wildman–Crippen LogP) is 4.33. The van der Waals surface area contributed by atoms with Crippen LogP contribution in [0.2, 0.25) is 0 Å². The lowest BCUT2D eigenvalue weighted by Gasteiger charge is -2.42. The van der Waals surface area contributed by atoms with Crippen molar-refractivity contribution in [3.05, 3.63) is 58.7 Å². The molecular weight excluding hydrogens is 474 g/mol. The number of nitrogens with zero attached hydrogens (tertiary/aromatic N) is 4. The summed E-state index contributed by atoms with van der Waals surface area (Å²) in [4.78, 5) is 15.9. The van der Waals surface area contributed by atoms with Gasteiger partial charge in [-0.1, -0.05) is 0 Å². The first-order valence-electron chi connectivity index (χ1n) is 12.0. The predicted molar refractivity (Wildman–Crippen MR) is 140 cm³/mol. The third-order valence-electron chi connectivity index (χ3n) is 7.05. The van der Waals surface area contributed by atoms with E-state index in [0.717, 1.165) is 58.2 Å². The monoisotopic (exact) mass is 503 g/mol. The molecule has 1 amide bonds. The number of ether oxygens (including phenoxy) is 2. The van der Waals surface area contributed by atoms with Crippen molar-refractivity contribution in [2.45, 2.75) is 26.0 Å². The SMILES string of the molecule is COc1cc2c(cc1-c1ccn(C)c1)-c1c(c(C(=O)N3CCNCC3(C)C)nn1-c1ccsc1)CO2. The molecule has 1 saturated heterocycles. The van der Waals surface area contributed by atoms with E-state index in [2.05, 4.69) is 37.5 Å². The molecule has 186 valence electrons. The summed E-state index contributed by atoms with van der Waals surface area (Å²) in [5.74, 6) is 1.40. The Morgan fingerprint density at radius 1 is 1.25 bits per heavy atom. The molecule has 4 aromatic rings. The number of thiophene rings is 1. The largest absolute Gasteiger partial charge is 0.496 e. The Bertz CT molecular complexity index is 1450. The summed E-state index contributed by atoms with van der Waals surface area (Å²) < 4.78 is 15.9. The van der Waals surface area contributed by atoms with Crippen LogP contribution in [0.25, 0.3) is 28.1 Å². The van der Waals surface area contributed by atoms with Crippen molar-refractivity contribution in [2.75, 3.05) is 26.7 Å². The molecule has 36 heavy (non-hydrogen) atoms. The van der Waals surface area contributed by atoms with Gasteiger partial charge in [-0.15, -0.1) is 0 Å². The van der Waals surface area contributed by atoms with Crippen molar-refractivity contribution in [2.24, 2.45) is 7.05 Å². The highest BCUT2D eigenvalue weighted by Crippen LogP contribution is 2.46. The average Bonchev–Trinajstić information content (AvgIpc) is 3.62. The molecule has 1 N–H and O–H groups in total. The van der Waals surface area contributed by atoms with Crippen molar-refractivity contribution >= 4 is 17.2 Å². The van der Waals surface area contributed by atoms with Gasteiger partial charge in [0, 0.05) is 72.8 Å². The molecule has 6 rings (SSSR count). The van der Waals surface area contributed by atoms with Gasteiger partial charge in [0.1, 0.15) is 18.1 Å². The zero-order valence-corrected chi connectivity index (χ0v) is 21.7. The first kappa shape index (κ1) is 22.9. The van der Waals surface area contributed by atoms with Gasteiger partial charge in [0.25, 0.3) is 5.91 Å². The number of methoxy groups -OCH3 is 1. The van der Waals surface area contributed by atoms with Crippen LogP contribution in [-0.4, -0.2) is 57.4 Å². The number of piperazine rings is 1. The lowest BCUT2D eigenvalue weighted by Crippen LogP contribution is -2.60. The van der Waals surface area contributed by atoms with Crippen LogP contribution in [0.15, 0.2) is 47.4 Å². The smallest absolute Gasteiger partial charge is 0.275 e. The fraction of sp³-hybridized carbons (Fsp3) is 0.333. The second kappa shape index (κ2) is 8.53. The molecule has 2 aliphatic rings. The zero-order chi connectivity index (χ0) is 25.0. The minimum absolute atomic E-state index is 0.0597. The summed E-state index contributed by atoms with van der Waals surface area (Å²) in [5, 5.41) is 12.4. The van der Waals surface area contributed by atoms with E-state index >= 15 is 0 Å².